The summed E-state index contributed by atoms with van der Waals surface area (Å²) in [6.07, 6.45) is 3.02. The molecule has 2 atom stereocenters. The van der Waals surface area contributed by atoms with Crippen LogP contribution in [0.1, 0.15) is 19.8 Å². The van der Waals surface area contributed by atoms with E-state index in [0.29, 0.717) is 25.4 Å². The van der Waals surface area contributed by atoms with Gasteiger partial charge in [-0.1, -0.05) is 0 Å². The number of nitrogens with zero attached hydrogens (tertiary/aromatic N) is 1. The number of aliphatic hydroxyl groups is 1. The van der Waals surface area contributed by atoms with Gasteiger partial charge in [0, 0.05) is 26.7 Å². The van der Waals surface area contributed by atoms with Crippen molar-refractivity contribution < 1.29 is 14.6 Å². The molecule has 0 bridgehead atoms. The fourth-order valence-corrected chi connectivity index (χ4v) is 1.96. The molecule has 0 radical (unpaired) electrons. The summed E-state index contributed by atoms with van der Waals surface area (Å²) in [6.45, 7) is 5.51. The van der Waals surface area contributed by atoms with Gasteiger partial charge in [0.25, 0.3) is 0 Å². The van der Waals surface area contributed by atoms with Crippen molar-refractivity contribution in [1.29, 1.82) is 0 Å². The summed E-state index contributed by atoms with van der Waals surface area (Å²) in [5.74, 6) is 0. The second-order valence-corrected chi connectivity index (χ2v) is 4.16. The molecule has 0 aromatic heterocycles. The Labute approximate surface area is 92.2 Å². The van der Waals surface area contributed by atoms with E-state index in [0.717, 1.165) is 25.9 Å². The Bertz CT molecular complexity index is 166. The number of hydrogen-bond donors (Lipinski definition) is 1. The lowest BCUT2D eigenvalue weighted by Crippen LogP contribution is -2.36. The van der Waals surface area contributed by atoms with E-state index in [9.17, 15) is 0 Å². The molecule has 0 aromatic carbocycles. The molecule has 1 rings (SSSR count). The summed E-state index contributed by atoms with van der Waals surface area (Å²) < 4.78 is 10.8. The molecule has 1 N–H and O–H groups in total. The highest BCUT2D eigenvalue weighted by Gasteiger charge is 2.23. The van der Waals surface area contributed by atoms with Crippen molar-refractivity contribution >= 4 is 0 Å². The van der Waals surface area contributed by atoms with Gasteiger partial charge in [0.05, 0.1) is 25.4 Å². The van der Waals surface area contributed by atoms with Crippen LogP contribution in [-0.2, 0) is 9.47 Å². The first-order chi connectivity index (χ1) is 7.26. The molecule has 0 spiro atoms. The largest absolute Gasteiger partial charge is 0.395 e. The molecule has 0 saturated carbocycles. The molecule has 15 heavy (non-hydrogen) atoms. The number of ether oxygens (including phenoxy) is 2. The molecule has 1 saturated heterocycles. The maximum Gasteiger partial charge on any atom is 0.0706 e. The van der Waals surface area contributed by atoms with Crippen LogP contribution in [0, 0.1) is 0 Å². The normalized spacial score (nSPS) is 26.4. The van der Waals surface area contributed by atoms with Gasteiger partial charge < -0.3 is 14.6 Å². The smallest absolute Gasteiger partial charge is 0.0706 e. The third-order valence-electron chi connectivity index (χ3n) is 2.81. The highest BCUT2D eigenvalue weighted by molar-refractivity contribution is 4.74. The Morgan fingerprint density at radius 2 is 2.20 bits per heavy atom. The average Bonchev–Trinajstić information content (AvgIpc) is 2.61. The van der Waals surface area contributed by atoms with E-state index in [4.69, 9.17) is 14.6 Å². The van der Waals surface area contributed by atoms with Crippen LogP contribution >= 0.6 is 0 Å². The number of aliphatic hydroxyl groups excluding tert-OH is 1. The second-order valence-electron chi connectivity index (χ2n) is 4.16. The van der Waals surface area contributed by atoms with Gasteiger partial charge in [-0.2, -0.15) is 0 Å². The maximum absolute atomic E-state index is 8.94. The molecule has 1 aliphatic heterocycles. The first-order valence-electron chi connectivity index (χ1n) is 5.74. The van der Waals surface area contributed by atoms with E-state index >= 15 is 0 Å². The zero-order valence-corrected chi connectivity index (χ0v) is 9.82. The molecule has 4 nitrogen and oxygen atoms in total. The fourth-order valence-electron chi connectivity index (χ4n) is 1.96. The first-order valence-corrected chi connectivity index (χ1v) is 5.74. The van der Waals surface area contributed by atoms with E-state index in [1.165, 1.54) is 0 Å². The van der Waals surface area contributed by atoms with Gasteiger partial charge in [-0.3, -0.25) is 4.90 Å². The van der Waals surface area contributed by atoms with Gasteiger partial charge in [-0.05, 0) is 19.8 Å². The third-order valence-corrected chi connectivity index (χ3v) is 2.81. The zero-order chi connectivity index (χ0) is 11.1. The molecule has 0 aliphatic carbocycles. The lowest BCUT2D eigenvalue weighted by atomic mass is 10.2. The van der Waals surface area contributed by atoms with Crippen LogP contribution in [0.15, 0.2) is 0 Å². The van der Waals surface area contributed by atoms with Gasteiger partial charge >= 0.3 is 0 Å². The molecule has 1 aliphatic rings. The van der Waals surface area contributed by atoms with E-state index in [-0.39, 0.29) is 6.61 Å². The van der Waals surface area contributed by atoms with Crippen LogP contribution in [0.5, 0.6) is 0 Å². The second kappa shape index (κ2) is 7.17. The summed E-state index contributed by atoms with van der Waals surface area (Å²) in [6, 6.07) is 0. The standard InChI is InChI=1S/C11H23NO3/c1-10-3-4-11(15-10)9-12(5-7-13)6-8-14-2/h10-11,13H,3-9H2,1-2H3. The van der Waals surface area contributed by atoms with Crippen molar-refractivity contribution in [3.05, 3.63) is 0 Å². The van der Waals surface area contributed by atoms with Crippen molar-refractivity contribution in [1.82, 2.24) is 4.90 Å². The Kier molecular flexibility index (Phi) is 6.17. The third kappa shape index (κ3) is 4.93. The van der Waals surface area contributed by atoms with E-state index < -0.39 is 0 Å². The predicted molar refractivity (Wildman–Crippen MR) is 59.0 cm³/mol. The minimum Gasteiger partial charge on any atom is -0.395 e. The molecular weight excluding hydrogens is 194 g/mol. The minimum absolute atomic E-state index is 0.200. The molecule has 4 heteroatoms. The zero-order valence-electron chi connectivity index (χ0n) is 9.82. The van der Waals surface area contributed by atoms with Crippen LogP contribution < -0.4 is 0 Å². The summed E-state index contributed by atoms with van der Waals surface area (Å²) >= 11 is 0. The molecule has 0 aromatic rings. The van der Waals surface area contributed by atoms with Crippen molar-refractivity contribution in [2.45, 2.75) is 32.0 Å². The van der Waals surface area contributed by atoms with Crippen LogP contribution in [0.3, 0.4) is 0 Å². The monoisotopic (exact) mass is 217 g/mol. The molecule has 1 heterocycles. The quantitative estimate of drug-likeness (QED) is 0.674. The SMILES string of the molecule is COCCN(CCO)CC1CCC(C)O1. The first kappa shape index (κ1) is 12.9. The minimum atomic E-state index is 0.200. The molecule has 90 valence electrons. The van der Waals surface area contributed by atoms with Crippen molar-refractivity contribution in [3.8, 4) is 0 Å². The summed E-state index contributed by atoms with van der Waals surface area (Å²) in [5, 5.41) is 8.94. The lowest BCUT2D eigenvalue weighted by molar-refractivity contribution is 0.0224. The van der Waals surface area contributed by atoms with Crippen molar-refractivity contribution in [3.63, 3.8) is 0 Å². The van der Waals surface area contributed by atoms with E-state index in [2.05, 4.69) is 11.8 Å². The van der Waals surface area contributed by atoms with E-state index in [1.807, 2.05) is 0 Å². The Balaban J connectivity index is 2.23. The van der Waals surface area contributed by atoms with Gasteiger partial charge in [0.15, 0.2) is 0 Å². The Morgan fingerprint density at radius 1 is 1.40 bits per heavy atom. The molecule has 1 fully saturated rings. The highest BCUT2D eigenvalue weighted by Crippen LogP contribution is 2.19. The van der Waals surface area contributed by atoms with Crippen LogP contribution in [-0.4, -0.2) is 62.2 Å². The van der Waals surface area contributed by atoms with Crippen molar-refractivity contribution in [2.24, 2.45) is 0 Å². The van der Waals surface area contributed by atoms with Crippen LogP contribution in [0.25, 0.3) is 0 Å². The van der Waals surface area contributed by atoms with E-state index in [1.54, 1.807) is 7.11 Å². The summed E-state index contributed by atoms with van der Waals surface area (Å²) in [7, 11) is 1.70. The Morgan fingerprint density at radius 3 is 2.73 bits per heavy atom. The van der Waals surface area contributed by atoms with Gasteiger partial charge in [-0.25, -0.2) is 0 Å². The maximum atomic E-state index is 8.94. The fraction of sp³-hybridized carbons (Fsp3) is 1.00. The molecule has 0 amide bonds. The molecule has 2 unspecified atom stereocenters. The lowest BCUT2D eigenvalue weighted by Gasteiger charge is -2.24. The van der Waals surface area contributed by atoms with Crippen LogP contribution in [0.4, 0.5) is 0 Å². The van der Waals surface area contributed by atoms with Gasteiger partial charge in [-0.15, -0.1) is 0 Å². The number of hydrogen-bond acceptors (Lipinski definition) is 4. The average molecular weight is 217 g/mol. The van der Waals surface area contributed by atoms with Crippen molar-refractivity contribution in [2.75, 3.05) is 40.0 Å². The highest BCUT2D eigenvalue weighted by atomic mass is 16.5. The molecular formula is C11H23NO3. The predicted octanol–water partition coefficient (Wildman–Crippen LogP) is 0.495. The van der Waals surface area contributed by atoms with Gasteiger partial charge in [0.1, 0.15) is 0 Å². The van der Waals surface area contributed by atoms with Crippen LogP contribution in [0.2, 0.25) is 0 Å². The topological polar surface area (TPSA) is 41.9 Å². The number of methoxy groups -OCH3 is 1. The summed E-state index contributed by atoms with van der Waals surface area (Å²) in [5.41, 5.74) is 0. The number of rotatable bonds is 7. The summed E-state index contributed by atoms with van der Waals surface area (Å²) in [4.78, 5) is 2.20. The Hall–Kier alpha value is -0.160. The van der Waals surface area contributed by atoms with Gasteiger partial charge in [0.2, 0.25) is 0 Å².